The third kappa shape index (κ3) is 4.97. The molecule has 2 aromatic carbocycles. The van der Waals surface area contributed by atoms with Gasteiger partial charge >= 0.3 is 5.97 Å². The molecule has 3 aromatic rings. The third-order valence-corrected chi connectivity index (χ3v) is 6.64. The highest BCUT2D eigenvalue weighted by atomic mass is 35.5. The minimum Gasteiger partial charge on any atom is -0.465 e. The number of amides is 2. The number of fused-ring (bicyclic) bond motifs is 1. The summed E-state index contributed by atoms with van der Waals surface area (Å²) in [6.07, 6.45) is 2.73. The Morgan fingerprint density at radius 2 is 1.97 bits per heavy atom. The summed E-state index contributed by atoms with van der Waals surface area (Å²) >= 11 is 5.81. The molecule has 1 atom stereocenters. The molecule has 0 aliphatic carbocycles. The number of esters is 1. The van der Waals surface area contributed by atoms with Crippen molar-refractivity contribution >= 4 is 46.1 Å². The van der Waals surface area contributed by atoms with Crippen molar-refractivity contribution in [2.75, 3.05) is 13.7 Å². The summed E-state index contributed by atoms with van der Waals surface area (Å²) in [5.41, 5.74) is 1.54. The van der Waals surface area contributed by atoms with Crippen molar-refractivity contribution in [3.63, 3.8) is 0 Å². The minimum atomic E-state index is -0.681. The van der Waals surface area contributed by atoms with Crippen molar-refractivity contribution in [2.24, 2.45) is 0 Å². The van der Waals surface area contributed by atoms with Crippen molar-refractivity contribution in [1.29, 1.82) is 0 Å². The molecule has 10 heteroatoms. The average Bonchev–Trinajstić information content (AvgIpc) is 3.49. The van der Waals surface area contributed by atoms with Crippen molar-refractivity contribution in [3.8, 4) is 0 Å². The average molecular weight is 514 g/mol. The summed E-state index contributed by atoms with van der Waals surface area (Å²) in [6, 6.07) is 8.69. The van der Waals surface area contributed by atoms with E-state index >= 15 is 0 Å². The lowest BCUT2D eigenvalue weighted by Crippen LogP contribution is -2.46. The van der Waals surface area contributed by atoms with Gasteiger partial charge in [-0.15, -0.1) is 0 Å². The molecule has 1 fully saturated rings. The number of carbonyl (C=O) groups excluding carboxylic acids is 4. The lowest BCUT2D eigenvalue weighted by Gasteiger charge is -2.24. The molecule has 0 bridgehead atoms. The molecule has 1 aliphatic rings. The molecule has 2 heterocycles. The molecule has 1 saturated heterocycles. The van der Waals surface area contributed by atoms with E-state index < -0.39 is 17.8 Å². The summed E-state index contributed by atoms with van der Waals surface area (Å²) in [5, 5.41) is 3.22. The van der Waals surface area contributed by atoms with Gasteiger partial charge in [-0.25, -0.2) is 9.18 Å². The van der Waals surface area contributed by atoms with Crippen LogP contribution in [-0.4, -0.2) is 52.7 Å². The zero-order chi connectivity index (χ0) is 26.0. The second kappa shape index (κ2) is 10.5. The highest BCUT2D eigenvalue weighted by molar-refractivity contribution is 6.30. The highest BCUT2D eigenvalue weighted by Gasteiger charge is 2.34. The van der Waals surface area contributed by atoms with Gasteiger partial charge in [-0.2, -0.15) is 0 Å². The van der Waals surface area contributed by atoms with Crippen LogP contribution in [0.2, 0.25) is 5.02 Å². The Morgan fingerprint density at radius 3 is 2.69 bits per heavy atom. The van der Waals surface area contributed by atoms with E-state index in [4.69, 9.17) is 16.3 Å². The molecule has 1 aliphatic heterocycles. The Morgan fingerprint density at radius 1 is 1.19 bits per heavy atom. The lowest BCUT2D eigenvalue weighted by atomic mass is 10.1. The number of ether oxygens (including phenoxy) is 1. The molecule has 1 aromatic heterocycles. The van der Waals surface area contributed by atoms with E-state index in [1.165, 1.54) is 31.1 Å². The predicted molar refractivity (Wildman–Crippen MR) is 131 cm³/mol. The monoisotopic (exact) mass is 513 g/mol. The van der Waals surface area contributed by atoms with Crippen LogP contribution in [0.3, 0.4) is 0 Å². The number of hydrogen-bond acceptors (Lipinski definition) is 5. The van der Waals surface area contributed by atoms with Crippen LogP contribution in [-0.2, 0) is 27.4 Å². The summed E-state index contributed by atoms with van der Waals surface area (Å²) in [5.74, 6) is -1.98. The van der Waals surface area contributed by atoms with Gasteiger partial charge in [0.2, 0.25) is 11.8 Å². The van der Waals surface area contributed by atoms with Crippen LogP contribution in [0.1, 0.15) is 46.0 Å². The Balaban J connectivity index is 1.51. The lowest BCUT2D eigenvalue weighted by molar-refractivity contribution is -0.138. The number of nitrogens with zero attached hydrogens (tertiary/aromatic N) is 2. The molecule has 0 radical (unpaired) electrons. The standard InChI is InChI=1S/C26H25ClFN3O5/c1-15(32)19-13-30(21-9-8-16(11-18(19)21)26(35)36-2)14-23(33)31-10-4-7-22(31)25(34)29-12-17-5-3-6-20(27)24(17)28/h3,5-6,8-9,11,13,22H,4,7,10,12,14H2,1-2H3,(H,29,34). The van der Waals surface area contributed by atoms with Crippen LogP contribution < -0.4 is 5.32 Å². The molecule has 188 valence electrons. The minimum absolute atomic E-state index is 0.0259. The largest absolute Gasteiger partial charge is 0.465 e. The molecular weight excluding hydrogens is 489 g/mol. The van der Waals surface area contributed by atoms with E-state index in [2.05, 4.69) is 5.32 Å². The van der Waals surface area contributed by atoms with Gasteiger partial charge in [0, 0.05) is 41.3 Å². The van der Waals surface area contributed by atoms with E-state index in [-0.39, 0.29) is 41.3 Å². The van der Waals surface area contributed by atoms with Crippen molar-refractivity contribution in [3.05, 3.63) is 70.1 Å². The second-order valence-corrected chi connectivity index (χ2v) is 9.03. The molecule has 1 unspecified atom stereocenters. The maximum Gasteiger partial charge on any atom is 0.337 e. The number of benzene rings is 2. The molecule has 1 N–H and O–H groups in total. The highest BCUT2D eigenvalue weighted by Crippen LogP contribution is 2.26. The number of rotatable bonds is 7. The number of ketones is 1. The first kappa shape index (κ1) is 25.4. The van der Waals surface area contributed by atoms with Gasteiger partial charge in [0.15, 0.2) is 5.78 Å². The van der Waals surface area contributed by atoms with Crippen LogP contribution in [0, 0.1) is 5.82 Å². The molecule has 2 amide bonds. The van der Waals surface area contributed by atoms with Crippen molar-refractivity contribution in [2.45, 2.75) is 38.9 Å². The van der Waals surface area contributed by atoms with Crippen molar-refractivity contribution in [1.82, 2.24) is 14.8 Å². The van der Waals surface area contributed by atoms with E-state index in [0.717, 1.165) is 0 Å². The number of hydrogen-bond donors (Lipinski definition) is 1. The maximum absolute atomic E-state index is 14.2. The molecule has 36 heavy (non-hydrogen) atoms. The summed E-state index contributed by atoms with van der Waals surface area (Å²) in [7, 11) is 1.27. The Hall–Kier alpha value is -3.72. The van der Waals surface area contributed by atoms with Gasteiger partial charge in [-0.1, -0.05) is 23.7 Å². The smallest absolute Gasteiger partial charge is 0.337 e. The normalized spacial score (nSPS) is 15.2. The van der Waals surface area contributed by atoms with Gasteiger partial charge in [0.25, 0.3) is 0 Å². The van der Waals surface area contributed by atoms with Crippen molar-refractivity contribution < 1.29 is 28.3 Å². The quantitative estimate of drug-likeness (QED) is 0.383. The van der Waals surface area contributed by atoms with Crippen LogP contribution >= 0.6 is 11.6 Å². The summed E-state index contributed by atoms with van der Waals surface area (Å²) in [4.78, 5) is 51.8. The van der Waals surface area contributed by atoms with E-state index in [1.54, 1.807) is 35.0 Å². The summed E-state index contributed by atoms with van der Waals surface area (Å²) in [6.45, 7) is 1.69. The number of carbonyl (C=O) groups is 4. The third-order valence-electron chi connectivity index (χ3n) is 6.35. The van der Waals surface area contributed by atoms with Crippen LogP contribution in [0.25, 0.3) is 10.9 Å². The molecular formula is C26H25ClFN3O5. The molecule has 0 spiro atoms. The van der Waals surface area contributed by atoms with Crippen LogP contribution in [0.4, 0.5) is 4.39 Å². The predicted octanol–water partition coefficient (Wildman–Crippen LogP) is 3.73. The summed E-state index contributed by atoms with van der Waals surface area (Å²) < 4.78 is 20.6. The van der Waals surface area contributed by atoms with Crippen LogP contribution in [0.15, 0.2) is 42.6 Å². The number of methoxy groups -OCH3 is 1. The zero-order valence-electron chi connectivity index (χ0n) is 19.8. The molecule has 0 saturated carbocycles. The number of Topliss-reactive ketones (excluding diaryl/α,β-unsaturated/α-hetero) is 1. The van der Waals surface area contributed by atoms with E-state index in [1.807, 2.05) is 0 Å². The number of aromatic nitrogens is 1. The fraction of sp³-hybridized carbons (Fsp3) is 0.308. The number of nitrogens with one attached hydrogen (secondary N) is 1. The van der Waals surface area contributed by atoms with Gasteiger partial charge in [0.05, 0.1) is 17.7 Å². The fourth-order valence-electron chi connectivity index (χ4n) is 4.51. The molecule has 4 rings (SSSR count). The van der Waals surface area contributed by atoms with Gasteiger partial charge < -0.3 is 19.5 Å². The van der Waals surface area contributed by atoms with Gasteiger partial charge in [-0.05, 0) is 44.0 Å². The first-order valence-corrected chi connectivity index (χ1v) is 11.8. The zero-order valence-corrected chi connectivity index (χ0v) is 20.6. The maximum atomic E-state index is 14.2. The first-order valence-electron chi connectivity index (χ1n) is 11.4. The number of likely N-dealkylation sites (tertiary alicyclic amines) is 1. The number of halogens is 2. The van der Waals surface area contributed by atoms with Gasteiger partial charge in [-0.3, -0.25) is 14.4 Å². The van der Waals surface area contributed by atoms with Gasteiger partial charge in [0.1, 0.15) is 18.4 Å². The van der Waals surface area contributed by atoms with E-state index in [0.29, 0.717) is 41.4 Å². The SMILES string of the molecule is COC(=O)c1ccc2c(c1)c(C(C)=O)cn2CC(=O)N1CCCC1C(=O)NCc1cccc(Cl)c1F. The van der Waals surface area contributed by atoms with E-state index in [9.17, 15) is 23.6 Å². The topological polar surface area (TPSA) is 97.7 Å². The molecule has 8 nitrogen and oxygen atoms in total. The Kier molecular flexibility index (Phi) is 7.40. The Labute approximate surface area is 212 Å². The Bertz CT molecular complexity index is 1370. The second-order valence-electron chi connectivity index (χ2n) is 8.63. The first-order chi connectivity index (χ1) is 17.2. The van der Waals surface area contributed by atoms with Crippen LogP contribution in [0.5, 0.6) is 0 Å². The fourth-order valence-corrected chi connectivity index (χ4v) is 4.71.